The van der Waals surface area contributed by atoms with Crippen molar-refractivity contribution in [1.82, 2.24) is 10.2 Å². The Balaban J connectivity index is 1.88. The molecule has 0 spiro atoms. The SMILES string of the molecule is Bc1ccc(OC)c(-c2ccc(N3CCOCC3)nn2)c1. The minimum Gasteiger partial charge on any atom is -0.496 e. The highest BCUT2D eigenvalue weighted by Gasteiger charge is 2.14. The topological polar surface area (TPSA) is 47.5 Å². The van der Waals surface area contributed by atoms with E-state index in [0.717, 1.165) is 49.1 Å². The molecule has 0 aliphatic carbocycles. The van der Waals surface area contributed by atoms with E-state index in [1.54, 1.807) is 7.11 Å². The van der Waals surface area contributed by atoms with Gasteiger partial charge in [-0.1, -0.05) is 17.6 Å². The number of anilines is 1. The maximum absolute atomic E-state index is 5.41. The summed E-state index contributed by atoms with van der Waals surface area (Å²) in [4.78, 5) is 2.19. The molecule has 0 saturated carbocycles. The molecule has 1 aromatic carbocycles. The van der Waals surface area contributed by atoms with Crippen molar-refractivity contribution in [3.63, 3.8) is 0 Å². The van der Waals surface area contributed by atoms with Crippen molar-refractivity contribution in [3.8, 4) is 17.0 Å². The van der Waals surface area contributed by atoms with Gasteiger partial charge >= 0.3 is 0 Å². The third-order valence-corrected chi connectivity index (χ3v) is 3.62. The average Bonchev–Trinajstić information content (AvgIpc) is 2.56. The summed E-state index contributed by atoms with van der Waals surface area (Å²) >= 11 is 0. The third-order valence-electron chi connectivity index (χ3n) is 3.62. The monoisotopic (exact) mass is 283 g/mol. The lowest BCUT2D eigenvalue weighted by atomic mass is 9.93. The van der Waals surface area contributed by atoms with Crippen LogP contribution in [0, 0.1) is 0 Å². The molecule has 21 heavy (non-hydrogen) atoms. The molecule has 6 heteroatoms. The highest BCUT2D eigenvalue weighted by atomic mass is 16.5. The molecule has 2 aromatic rings. The number of hydrogen-bond donors (Lipinski definition) is 0. The van der Waals surface area contributed by atoms with Crippen LogP contribution in [0.4, 0.5) is 5.82 Å². The van der Waals surface area contributed by atoms with Crippen molar-refractivity contribution in [2.24, 2.45) is 0 Å². The van der Waals surface area contributed by atoms with Crippen LogP contribution >= 0.6 is 0 Å². The molecular formula is C15H18BN3O2. The maximum atomic E-state index is 5.41. The van der Waals surface area contributed by atoms with Crippen molar-refractivity contribution in [2.75, 3.05) is 38.3 Å². The summed E-state index contributed by atoms with van der Waals surface area (Å²) in [6.07, 6.45) is 0. The van der Waals surface area contributed by atoms with E-state index in [0.29, 0.717) is 0 Å². The van der Waals surface area contributed by atoms with Gasteiger partial charge in [0.05, 0.1) is 26.0 Å². The molecule has 1 aliphatic heterocycles. The van der Waals surface area contributed by atoms with Gasteiger partial charge in [-0.3, -0.25) is 0 Å². The van der Waals surface area contributed by atoms with Crippen LogP contribution in [0.3, 0.4) is 0 Å². The molecule has 1 fully saturated rings. The van der Waals surface area contributed by atoms with E-state index in [9.17, 15) is 0 Å². The number of morpholine rings is 1. The normalized spacial score (nSPS) is 15.0. The number of benzene rings is 1. The average molecular weight is 283 g/mol. The summed E-state index contributed by atoms with van der Waals surface area (Å²) in [5, 5.41) is 8.71. The summed E-state index contributed by atoms with van der Waals surface area (Å²) in [5.41, 5.74) is 2.97. The second-order valence-corrected chi connectivity index (χ2v) is 5.08. The zero-order valence-corrected chi connectivity index (χ0v) is 12.4. The zero-order valence-electron chi connectivity index (χ0n) is 12.4. The number of nitrogens with zero attached hydrogens (tertiary/aromatic N) is 3. The number of hydrogen-bond acceptors (Lipinski definition) is 5. The summed E-state index contributed by atoms with van der Waals surface area (Å²) in [5.74, 6) is 1.71. The van der Waals surface area contributed by atoms with Crippen LogP contribution in [-0.2, 0) is 4.74 Å². The van der Waals surface area contributed by atoms with Crippen molar-refractivity contribution >= 4 is 19.1 Å². The number of rotatable bonds is 3. The molecule has 0 unspecified atom stereocenters. The first kappa shape index (κ1) is 13.9. The Bertz CT molecular complexity index is 613. The molecule has 1 aromatic heterocycles. The van der Waals surface area contributed by atoms with Crippen molar-refractivity contribution in [3.05, 3.63) is 30.3 Å². The van der Waals surface area contributed by atoms with Crippen LogP contribution in [0.25, 0.3) is 11.3 Å². The van der Waals surface area contributed by atoms with Gasteiger partial charge in [0.25, 0.3) is 0 Å². The largest absolute Gasteiger partial charge is 0.496 e. The first-order valence-electron chi connectivity index (χ1n) is 7.09. The van der Waals surface area contributed by atoms with Crippen LogP contribution in [0.2, 0.25) is 0 Å². The lowest BCUT2D eigenvalue weighted by Gasteiger charge is -2.27. The lowest BCUT2D eigenvalue weighted by Crippen LogP contribution is -2.36. The molecule has 108 valence electrons. The Labute approximate surface area is 125 Å². The van der Waals surface area contributed by atoms with Crippen LogP contribution < -0.4 is 15.1 Å². The molecule has 1 aliphatic rings. The van der Waals surface area contributed by atoms with Crippen LogP contribution in [0.15, 0.2) is 30.3 Å². The maximum Gasteiger partial charge on any atom is 0.151 e. The fourth-order valence-corrected chi connectivity index (χ4v) is 2.45. The fraction of sp³-hybridized carbons (Fsp3) is 0.333. The minimum atomic E-state index is 0.745. The Morgan fingerprint density at radius 1 is 1.14 bits per heavy atom. The summed E-state index contributed by atoms with van der Waals surface area (Å²) < 4.78 is 10.8. The van der Waals surface area contributed by atoms with Crippen molar-refractivity contribution < 1.29 is 9.47 Å². The number of aromatic nitrogens is 2. The van der Waals surface area contributed by atoms with Crippen LogP contribution in [0.1, 0.15) is 0 Å². The lowest BCUT2D eigenvalue weighted by molar-refractivity contribution is 0.122. The van der Waals surface area contributed by atoms with Gasteiger partial charge in [0.15, 0.2) is 5.82 Å². The molecule has 2 heterocycles. The summed E-state index contributed by atoms with van der Waals surface area (Å²) in [6.45, 7) is 3.22. The van der Waals surface area contributed by atoms with Crippen molar-refractivity contribution in [1.29, 1.82) is 0 Å². The highest BCUT2D eigenvalue weighted by molar-refractivity contribution is 6.32. The van der Waals surface area contributed by atoms with Crippen molar-refractivity contribution in [2.45, 2.75) is 0 Å². The molecule has 5 nitrogen and oxygen atoms in total. The predicted molar refractivity (Wildman–Crippen MR) is 85.2 cm³/mol. The first-order chi connectivity index (χ1) is 10.3. The second kappa shape index (κ2) is 6.14. The fourth-order valence-electron chi connectivity index (χ4n) is 2.45. The van der Waals surface area contributed by atoms with E-state index in [1.807, 2.05) is 24.3 Å². The standard InChI is InChI=1S/C15H18BN3O2/c1-20-14-4-2-11(16)10-12(14)13-3-5-15(18-17-13)19-6-8-21-9-7-19/h2-5,10H,6-9,16H2,1H3. The van der Waals surface area contributed by atoms with Gasteiger partial charge in [0, 0.05) is 18.7 Å². The molecule has 0 bridgehead atoms. The van der Waals surface area contributed by atoms with Gasteiger partial charge in [-0.2, -0.15) is 0 Å². The Kier molecular flexibility index (Phi) is 4.06. The summed E-state index contributed by atoms with van der Waals surface area (Å²) in [6, 6.07) is 10.1. The second-order valence-electron chi connectivity index (χ2n) is 5.08. The van der Waals surface area contributed by atoms with Crippen LogP contribution in [0.5, 0.6) is 5.75 Å². The third kappa shape index (κ3) is 3.00. The molecule has 0 atom stereocenters. The number of ether oxygens (including phenoxy) is 2. The Morgan fingerprint density at radius 2 is 1.95 bits per heavy atom. The van der Waals surface area contributed by atoms with Gasteiger partial charge in [-0.15, -0.1) is 10.2 Å². The number of methoxy groups -OCH3 is 1. The predicted octanol–water partition coefficient (Wildman–Crippen LogP) is 0.247. The first-order valence-corrected chi connectivity index (χ1v) is 7.09. The molecule has 0 N–H and O–H groups in total. The quantitative estimate of drug-likeness (QED) is 0.756. The van der Waals surface area contributed by atoms with Gasteiger partial charge in [0.1, 0.15) is 13.6 Å². The van der Waals surface area contributed by atoms with Gasteiger partial charge in [-0.05, 0) is 18.2 Å². The molecular weight excluding hydrogens is 265 g/mol. The Hall–Kier alpha value is -2.08. The summed E-state index contributed by atoms with van der Waals surface area (Å²) in [7, 11) is 3.72. The van der Waals surface area contributed by atoms with E-state index in [-0.39, 0.29) is 0 Å². The van der Waals surface area contributed by atoms with E-state index >= 15 is 0 Å². The van der Waals surface area contributed by atoms with E-state index in [1.165, 1.54) is 5.46 Å². The highest BCUT2D eigenvalue weighted by Crippen LogP contribution is 2.27. The molecule has 0 radical (unpaired) electrons. The smallest absolute Gasteiger partial charge is 0.151 e. The van der Waals surface area contributed by atoms with Gasteiger partial charge in [-0.25, -0.2) is 0 Å². The molecule has 0 amide bonds. The minimum absolute atomic E-state index is 0.745. The zero-order chi connectivity index (χ0) is 14.7. The van der Waals surface area contributed by atoms with E-state index in [2.05, 4.69) is 29.0 Å². The van der Waals surface area contributed by atoms with Gasteiger partial charge < -0.3 is 14.4 Å². The molecule has 3 rings (SSSR count). The van der Waals surface area contributed by atoms with Gasteiger partial charge in [0.2, 0.25) is 0 Å². The van der Waals surface area contributed by atoms with E-state index in [4.69, 9.17) is 9.47 Å². The Morgan fingerprint density at radius 3 is 2.62 bits per heavy atom. The van der Waals surface area contributed by atoms with Crippen LogP contribution in [-0.4, -0.2) is 51.5 Å². The van der Waals surface area contributed by atoms with E-state index < -0.39 is 0 Å². The molecule has 1 saturated heterocycles.